The second-order valence-corrected chi connectivity index (χ2v) is 6.58. The number of aromatic nitrogens is 2. The average molecular weight is 361 g/mol. The van der Waals surface area contributed by atoms with E-state index >= 15 is 0 Å². The molecule has 2 heterocycles. The minimum Gasteiger partial charge on any atom is -0.495 e. The minimum absolute atomic E-state index is 0.00415. The van der Waals surface area contributed by atoms with Crippen molar-refractivity contribution in [2.45, 2.75) is 19.8 Å². The van der Waals surface area contributed by atoms with Gasteiger partial charge in [-0.05, 0) is 49.6 Å². The van der Waals surface area contributed by atoms with Crippen LogP contribution < -0.4 is 15.0 Å². The number of amides is 1. The molecule has 0 spiro atoms. The molecule has 1 saturated heterocycles. The largest absolute Gasteiger partial charge is 0.495 e. The number of carbonyl (C=O) groups is 1. The molecule has 1 aromatic heterocycles. The zero-order valence-corrected chi connectivity index (χ0v) is 15.1. The van der Waals surface area contributed by atoms with Crippen LogP contribution in [0.2, 0.25) is 5.15 Å². The molecule has 0 radical (unpaired) electrons. The van der Waals surface area contributed by atoms with Crippen molar-refractivity contribution in [1.29, 1.82) is 0 Å². The van der Waals surface area contributed by atoms with Gasteiger partial charge in [-0.25, -0.2) is 0 Å². The lowest BCUT2D eigenvalue weighted by Gasteiger charge is -2.32. The fourth-order valence-electron chi connectivity index (χ4n) is 3.03. The minimum atomic E-state index is -0.114. The SMILES string of the molecule is COc1ccc(C)cc1NC(=O)[C@@H]1CCCN(c2ccc(Cl)nn2)C1. The third-order valence-corrected chi connectivity index (χ3v) is 4.55. The van der Waals surface area contributed by atoms with Crippen LogP contribution in [0.25, 0.3) is 0 Å². The van der Waals surface area contributed by atoms with Crippen molar-refractivity contribution in [2.75, 3.05) is 30.4 Å². The maximum absolute atomic E-state index is 12.7. The highest BCUT2D eigenvalue weighted by molar-refractivity contribution is 6.29. The van der Waals surface area contributed by atoms with E-state index in [0.29, 0.717) is 23.1 Å². The highest BCUT2D eigenvalue weighted by atomic mass is 35.5. The van der Waals surface area contributed by atoms with Crippen molar-refractivity contribution >= 4 is 29.0 Å². The number of nitrogens with zero attached hydrogens (tertiary/aromatic N) is 3. The van der Waals surface area contributed by atoms with E-state index in [1.165, 1.54) is 0 Å². The zero-order chi connectivity index (χ0) is 17.8. The molecule has 0 aliphatic carbocycles. The fourth-order valence-corrected chi connectivity index (χ4v) is 3.13. The van der Waals surface area contributed by atoms with Crippen molar-refractivity contribution in [3.63, 3.8) is 0 Å². The van der Waals surface area contributed by atoms with Gasteiger partial charge in [0.1, 0.15) is 5.75 Å². The molecule has 1 aliphatic heterocycles. The number of aryl methyl sites for hydroxylation is 1. The maximum Gasteiger partial charge on any atom is 0.229 e. The Labute approximate surface area is 152 Å². The van der Waals surface area contributed by atoms with Crippen molar-refractivity contribution in [2.24, 2.45) is 5.92 Å². The number of hydrogen-bond acceptors (Lipinski definition) is 5. The summed E-state index contributed by atoms with van der Waals surface area (Å²) in [5.41, 5.74) is 1.77. The van der Waals surface area contributed by atoms with E-state index in [1.807, 2.05) is 31.2 Å². The number of anilines is 2. The number of hydrogen-bond donors (Lipinski definition) is 1. The first-order chi connectivity index (χ1) is 12.1. The second-order valence-electron chi connectivity index (χ2n) is 6.19. The quantitative estimate of drug-likeness (QED) is 0.906. The lowest BCUT2D eigenvalue weighted by atomic mass is 9.97. The van der Waals surface area contributed by atoms with Gasteiger partial charge in [-0.15, -0.1) is 10.2 Å². The van der Waals surface area contributed by atoms with E-state index in [2.05, 4.69) is 20.4 Å². The van der Waals surface area contributed by atoms with E-state index in [0.717, 1.165) is 30.8 Å². The third kappa shape index (κ3) is 4.20. The van der Waals surface area contributed by atoms with Crippen LogP contribution in [0.1, 0.15) is 18.4 Å². The van der Waals surface area contributed by atoms with E-state index in [1.54, 1.807) is 13.2 Å². The summed E-state index contributed by atoms with van der Waals surface area (Å²) in [7, 11) is 1.60. The number of benzene rings is 1. The molecule has 1 atom stereocenters. The molecule has 0 unspecified atom stereocenters. The lowest BCUT2D eigenvalue weighted by Crippen LogP contribution is -2.41. The first-order valence-corrected chi connectivity index (χ1v) is 8.64. The molecular formula is C18H21ClN4O2. The Balaban J connectivity index is 1.70. The van der Waals surface area contributed by atoms with Gasteiger partial charge in [0.25, 0.3) is 0 Å². The first kappa shape index (κ1) is 17.5. The Morgan fingerprint density at radius 3 is 2.88 bits per heavy atom. The number of rotatable bonds is 4. The molecule has 1 aliphatic rings. The molecule has 1 fully saturated rings. The van der Waals surface area contributed by atoms with Crippen molar-refractivity contribution in [3.05, 3.63) is 41.0 Å². The van der Waals surface area contributed by atoms with Gasteiger partial charge in [0.05, 0.1) is 18.7 Å². The molecule has 0 saturated carbocycles. The van der Waals surface area contributed by atoms with Crippen LogP contribution in [0, 0.1) is 12.8 Å². The maximum atomic E-state index is 12.7. The fraction of sp³-hybridized carbons (Fsp3) is 0.389. The van der Waals surface area contributed by atoms with Crippen LogP contribution >= 0.6 is 11.6 Å². The van der Waals surface area contributed by atoms with E-state index < -0.39 is 0 Å². The van der Waals surface area contributed by atoms with Crippen LogP contribution in [-0.4, -0.2) is 36.3 Å². The van der Waals surface area contributed by atoms with Gasteiger partial charge < -0.3 is 15.0 Å². The van der Waals surface area contributed by atoms with Crippen LogP contribution in [0.3, 0.4) is 0 Å². The number of piperidine rings is 1. The van der Waals surface area contributed by atoms with Crippen LogP contribution in [0.5, 0.6) is 5.75 Å². The number of ether oxygens (including phenoxy) is 1. The molecule has 132 valence electrons. The van der Waals surface area contributed by atoms with Gasteiger partial charge in [0.15, 0.2) is 11.0 Å². The molecule has 1 amide bonds. The topological polar surface area (TPSA) is 67.3 Å². The summed E-state index contributed by atoms with van der Waals surface area (Å²) >= 11 is 5.79. The van der Waals surface area contributed by atoms with E-state index in [4.69, 9.17) is 16.3 Å². The van der Waals surface area contributed by atoms with E-state index in [9.17, 15) is 4.79 Å². The van der Waals surface area contributed by atoms with Gasteiger partial charge in [0.2, 0.25) is 5.91 Å². The first-order valence-electron chi connectivity index (χ1n) is 8.26. The monoisotopic (exact) mass is 360 g/mol. The van der Waals surface area contributed by atoms with Crippen molar-refractivity contribution < 1.29 is 9.53 Å². The highest BCUT2D eigenvalue weighted by Gasteiger charge is 2.27. The summed E-state index contributed by atoms with van der Waals surface area (Å²) in [6, 6.07) is 9.28. The van der Waals surface area contributed by atoms with Crippen molar-refractivity contribution in [3.8, 4) is 5.75 Å². The van der Waals surface area contributed by atoms with Crippen LogP contribution in [0.15, 0.2) is 30.3 Å². The Morgan fingerprint density at radius 1 is 1.32 bits per heavy atom. The Bertz CT molecular complexity index is 751. The Morgan fingerprint density at radius 2 is 2.16 bits per heavy atom. The van der Waals surface area contributed by atoms with Gasteiger partial charge in [-0.2, -0.15) is 0 Å². The van der Waals surface area contributed by atoms with E-state index in [-0.39, 0.29) is 11.8 Å². The normalized spacial score (nSPS) is 17.2. The van der Waals surface area contributed by atoms with Gasteiger partial charge in [0, 0.05) is 13.1 Å². The van der Waals surface area contributed by atoms with Gasteiger partial charge in [-0.3, -0.25) is 4.79 Å². The molecule has 1 aromatic carbocycles. The summed E-state index contributed by atoms with van der Waals surface area (Å²) in [6.45, 7) is 3.45. The lowest BCUT2D eigenvalue weighted by molar-refractivity contribution is -0.120. The molecule has 7 heteroatoms. The summed E-state index contributed by atoms with van der Waals surface area (Å²) in [6.07, 6.45) is 1.77. The number of carbonyl (C=O) groups excluding carboxylic acids is 1. The highest BCUT2D eigenvalue weighted by Crippen LogP contribution is 2.28. The number of methoxy groups -OCH3 is 1. The predicted octanol–water partition coefficient (Wildman–Crippen LogP) is 3.30. The summed E-state index contributed by atoms with van der Waals surface area (Å²) in [5.74, 6) is 1.29. The Kier molecular flexibility index (Phi) is 5.38. The molecule has 1 N–H and O–H groups in total. The summed E-state index contributed by atoms with van der Waals surface area (Å²) in [4.78, 5) is 14.8. The smallest absolute Gasteiger partial charge is 0.229 e. The number of halogens is 1. The molecule has 2 aromatic rings. The zero-order valence-electron chi connectivity index (χ0n) is 14.3. The van der Waals surface area contributed by atoms with Gasteiger partial charge in [-0.1, -0.05) is 17.7 Å². The summed E-state index contributed by atoms with van der Waals surface area (Å²) < 4.78 is 5.33. The molecule has 25 heavy (non-hydrogen) atoms. The third-order valence-electron chi connectivity index (χ3n) is 4.35. The molecule has 3 rings (SSSR count). The van der Waals surface area contributed by atoms with Crippen LogP contribution in [-0.2, 0) is 4.79 Å². The van der Waals surface area contributed by atoms with Crippen molar-refractivity contribution in [1.82, 2.24) is 10.2 Å². The molecule has 0 bridgehead atoms. The number of nitrogens with one attached hydrogen (secondary N) is 1. The van der Waals surface area contributed by atoms with Gasteiger partial charge >= 0.3 is 0 Å². The van der Waals surface area contributed by atoms with Crippen LogP contribution in [0.4, 0.5) is 11.5 Å². The Hall–Kier alpha value is -2.34. The molecule has 6 nitrogen and oxygen atoms in total. The predicted molar refractivity (Wildman–Crippen MR) is 98.3 cm³/mol. The second kappa shape index (κ2) is 7.70. The average Bonchev–Trinajstić information content (AvgIpc) is 2.62. The summed E-state index contributed by atoms with van der Waals surface area (Å²) in [5, 5.41) is 11.4. The molecular weight excluding hydrogens is 340 g/mol. The standard InChI is InChI=1S/C18H21ClN4O2/c1-12-5-6-15(25-2)14(10-12)20-18(24)13-4-3-9-23(11-13)17-8-7-16(19)21-22-17/h5-8,10,13H,3-4,9,11H2,1-2H3,(H,20,24)/t13-/m1/s1.